The summed E-state index contributed by atoms with van der Waals surface area (Å²) in [5, 5.41) is 8.15. The fourth-order valence-corrected chi connectivity index (χ4v) is 4.52. The Bertz CT molecular complexity index is 861. The molecule has 0 fully saturated rings. The third-order valence-corrected chi connectivity index (χ3v) is 5.71. The van der Waals surface area contributed by atoms with Crippen molar-refractivity contribution in [1.82, 2.24) is 5.32 Å². The van der Waals surface area contributed by atoms with Crippen molar-refractivity contribution in [1.29, 1.82) is 0 Å². The van der Waals surface area contributed by atoms with Gasteiger partial charge in [0, 0.05) is 13.1 Å². The Kier molecular flexibility index (Phi) is 4.10. The number of benzene rings is 2. The lowest BCUT2D eigenvalue weighted by Gasteiger charge is -2.18. The number of thiol groups is 1. The average Bonchev–Trinajstić information content (AvgIpc) is 3.11. The van der Waals surface area contributed by atoms with Gasteiger partial charge < -0.3 is 5.32 Å². The van der Waals surface area contributed by atoms with Gasteiger partial charge in [0.05, 0.1) is 10.1 Å². The molecule has 1 aromatic heterocycles. The van der Waals surface area contributed by atoms with Crippen LogP contribution in [0.15, 0.2) is 58.9 Å². The zero-order valence-corrected chi connectivity index (χ0v) is 14.4. The van der Waals surface area contributed by atoms with Gasteiger partial charge in [0.1, 0.15) is 5.84 Å². The molecule has 0 aliphatic carbocycles. The minimum atomic E-state index is 0.0498. The zero-order chi connectivity index (χ0) is 15.6. The number of fused-ring (bicyclic) bond motifs is 1. The molecular weight excluding hydrogens is 320 g/mol. The van der Waals surface area contributed by atoms with E-state index >= 15 is 0 Å². The number of hydrogen-bond acceptors (Lipinski definition) is 4. The van der Waals surface area contributed by atoms with Gasteiger partial charge in [-0.15, -0.1) is 11.3 Å². The maximum absolute atomic E-state index is 4.96. The molecule has 2 aromatic carbocycles. The SMILES string of the molecule is SC(c1ccsc1C1=NCCCN1)c1cccc2ccccc12. The van der Waals surface area contributed by atoms with Crippen molar-refractivity contribution in [2.24, 2.45) is 4.99 Å². The maximum Gasteiger partial charge on any atom is 0.138 e. The molecule has 0 bridgehead atoms. The lowest BCUT2D eigenvalue weighted by molar-refractivity contribution is 0.743. The largest absolute Gasteiger partial charge is 0.369 e. The predicted molar refractivity (Wildman–Crippen MR) is 103 cm³/mol. The first kappa shape index (κ1) is 14.8. The Morgan fingerprint density at radius 3 is 2.78 bits per heavy atom. The molecule has 116 valence electrons. The van der Waals surface area contributed by atoms with Crippen molar-refractivity contribution in [3.63, 3.8) is 0 Å². The van der Waals surface area contributed by atoms with Gasteiger partial charge in [0.15, 0.2) is 0 Å². The van der Waals surface area contributed by atoms with Crippen LogP contribution < -0.4 is 5.32 Å². The van der Waals surface area contributed by atoms with Crippen LogP contribution in [-0.2, 0) is 0 Å². The summed E-state index contributed by atoms with van der Waals surface area (Å²) in [6.45, 7) is 1.91. The van der Waals surface area contributed by atoms with E-state index in [9.17, 15) is 0 Å². The monoisotopic (exact) mass is 338 g/mol. The first-order valence-electron chi connectivity index (χ1n) is 7.86. The first-order valence-corrected chi connectivity index (χ1v) is 9.26. The van der Waals surface area contributed by atoms with Gasteiger partial charge in [-0.05, 0) is 39.8 Å². The second-order valence-electron chi connectivity index (χ2n) is 5.69. The molecule has 0 spiro atoms. The summed E-state index contributed by atoms with van der Waals surface area (Å²) in [4.78, 5) is 5.87. The Labute approximate surface area is 145 Å². The van der Waals surface area contributed by atoms with E-state index in [4.69, 9.17) is 12.6 Å². The van der Waals surface area contributed by atoms with Gasteiger partial charge in [-0.3, -0.25) is 4.99 Å². The smallest absolute Gasteiger partial charge is 0.138 e. The molecule has 1 N–H and O–H groups in total. The minimum absolute atomic E-state index is 0.0498. The first-order chi connectivity index (χ1) is 11.3. The van der Waals surface area contributed by atoms with E-state index in [2.05, 4.69) is 64.2 Å². The van der Waals surface area contributed by atoms with Crippen molar-refractivity contribution in [3.8, 4) is 0 Å². The van der Waals surface area contributed by atoms with Gasteiger partial charge in [-0.1, -0.05) is 42.5 Å². The van der Waals surface area contributed by atoms with Gasteiger partial charge in [-0.2, -0.15) is 12.6 Å². The molecule has 2 heterocycles. The van der Waals surface area contributed by atoms with E-state index in [0.717, 1.165) is 25.3 Å². The second-order valence-corrected chi connectivity index (χ2v) is 7.12. The number of rotatable bonds is 3. The van der Waals surface area contributed by atoms with Crippen molar-refractivity contribution in [2.45, 2.75) is 11.7 Å². The summed E-state index contributed by atoms with van der Waals surface area (Å²) in [6.07, 6.45) is 1.11. The van der Waals surface area contributed by atoms with Crippen LogP contribution in [0.4, 0.5) is 0 Å². The van der Waals surface area contributed by atoms with Crippen LogP contribution in [0.5, 0.6) is 0 Å². The molecule has 4 rings (SSSR count). The van der Waals surface area contributed by atoms with Gasteiger partial charge in [-0.25, -0.2) is 0 Å². The van der Waals surface area contributed by atoms with Crippen LogP contribution in [0.3, 0.4) is 0 Å². The molecule has 4 heteroatoms. The standard InChI is InChI=1S/C19H18N2S2/c22-17(15-8-3-6-13-5-1-2-7-14(13)15)16-9-12-23-18(16)19-20-10-4-11-21-19/h1-3,5-9,12,17,22H,4,10-11H2,(H,20,21). The Hall–Kier alpha value is -1.78. The van der Waals surface area contributed by atoms with E-state index in [1.54, 1.807) is 11.3 Å². The highest BCUT2D eigenvalue weighted by molar-refractivity contribution is 7.80. The second kappa shape index (κ2) is 6.38. The van der Waals surface area contributed by atoms with Crippen molar-refractivity contribution in [3.05, 3.63) is 69.9 Å². The van der Waals surface area contributed by atoms with E-state index < -0.39 is 0 Å². The predicted octanol–water partition coefficient (Wildman–Crippen LogP) is 4.66. The molecule has 1 unspecified atom stereocenters. The summed E-state index contributed by atoms with van der Waals surface area (Å²) in [5.41, 5.74) is 2.49. The number of nitrogens with one attached hydrogen (secondary N) is 1. The van der Waals surface area contributed by atoms with Crippen LogP contribution in [0.1, 0.15) is 27.7 Å². The highest BCUT2D eigenvalue weighted by Crippen LogP contribution is 2.37. The summed E-state index contributed by atoms with van der Waals surface area (Å²) in [6, 6.07) is 17.1. The summed E-state index contributed by atoms with van der Waals surface area (Å²) in [7, 11) is 0. The fraction of sp³-hybridized carbons (Fsp3) is 0.211. The Morgan fingerprint density at radius 2 is 1.91 bits per heavy atom. The molecule has 1 atom stereocenters. The van der Waals surface area contributed by atoms with Crippen LogP contribution in [-0.4, -0.2) is 18.9 Å². The lowest BCUT2D eigenvalue weighted by atomic mass is 9.98. The highest BCUT2D eigenvalue weighted by atomic mass is 32.1. The van der Waals surface area contributed by atoms with Crippen molar-refractivity contribution >= 4 is 40.6 Å². The molecule has 1 aliphatic rings. The van der Waals surface area contributed by atoms with E-state index in [0.29, 0.717) is 0 Å². The molecule has 0 amide bonds. The molecule has 0 saturated heterocycles. The Morgan fingerprint density at radius 1 is 1.04 bits per heavy atom. The third-order valence-electron chi connectivity index (χ3n) is 4.22. The highest BCUT2D eigenvalue weighted by Gasteiger charge is 2.20. The van der Waals surface area contributed by atoms with Crippen molar-refractivity contribution in [2.75, 3.05) is 13.1 Å². The molecule has 0 radical (unpaired) electrons. The molecule has 2 nitrogen and oxygen atoms in total. The van der Waals surface area contributed by atoms with E-state index in [1.165, 1.54) is 26.8 Å². The topological polar surface area (TPSA) is 24.4 Å². The van der Waals surface area contributed by atoms with Crippen LogP contribution in [0, 0.1) is 0 Å². The number of thiophene rings is 1. The molecule has 3 aromatic rings. The van der Waals surface area contributed by atoms with E-state index in [-0.39, 0.29) is 5.25 Å². The Balaban J connectivity index is 1.79. The summed E-state index contributed by atoms with van der Waals surface area (Å²) in [5.74, 6) is 1.03. The molecule has 0 saturated carbocycles. The van der Waals surface area contributed by atoms with Crippen LogP contribution in [0.2, 0.25) is 0 Å². The average molecular weight is 339 g/mol. The number of hydrogen-bond donors (Lipinski definition) is 2. The number of nitrogens with zero attached hydrogens (tertiary/aromatic N) is 1. The summed E-state index contributed by atoms with van der Waals surface area (Å²) < 4.78 is 0. The van der Waals surface area contributed by atoms with Gasteiger partial charge in [0.25, 0.3) is 0 Å². The maximum atomic E-state index is 4.96. The number of amidine groups is 1. The summed E-state index contributed by atoms with van der Waals surface area (Å²) >= 11 is 6.71. The quantitative estimate of drug-likeness (QED) is 0.667. The van der Waals surface area contributed by atoms with Gasteiger partial charge >= 0.3 is 0 Å². The van der Waals surface area contributed by atoms with Crippen LogP contribution in [0.25, 0.3) is 10.8 Å². The van der Waals surface area contributed by atoms with Gasteiger partial charge in [0.2, 0.25) is 0 Å². The number of aliphatic imine (C=N–C) groups is 1. The van der Waals surface area contributed by atoms with Crippen molar-refractivity contribution < 1.29 is 0 Å². The normalized spacial score (nSPS) is 16.0. The molecule has 1 aliphatic heterocycles. The fourth-order valence-electron chi connectivity index (χ4n) is 3.07. The lowest BCUT2D eigenvalue weighted by Crippen LogP contribution is -2.30. The van der Waals surface area contributed by atoms with E-state index in [1.807, 2.05) is 0 Å². The minimum Gasteiger partial charge on any atom is -0.369 e. The third kappa shape index (κ3) is 2.77. The molecular formula is C19H18N2S2. The zero-order valence-electron chi connectivity index (χ0n) is 12.7. The van der Waals surface area contributed by atoms with Crippen LogP contribution >= 0.6 is 24.0 Å². The molecule has 23 heavy (non-hydrogen) atoms.